The summed E-state index contributed by atoms with van der Waals surface area (Å²) >= 11 is 0. The van der Waals surface area contributed by atoms with Crippen LogP contribution in [0.25, 0.3) is 10.9 Å². The minimum absolute atomic E-state index is 0.275. The van der Waals surface area contributed by atoms with E-state index in [1.807, 2.05) is 42.7 Å². The summed E-state index contributed by atoms with van der Waals surface area (Å²) in [6, 6.07) is 7.56. The van der Waals surface area contributed by atoms with Gasteiger partial charge in [0.25, 0.3) is 5.78 Å². The van der Waals surface area contributed by atoms with Crippen molar-refractivity contribution in [2.24, 2.45) is 0 Å². The van der Waals surface area contributed by atoms with Crippen LogP contribution in [0.4, 0.5) is 0 Å². The predicted octanol–water partition coefficient (Wildman–Crippen LogP) is 2.80. The number of aromatic nitrogens is 1. The topological polar surface area (TPSA) is 48.3 Å². The van der Waals surface area contributed by atoms with Crippen LogP contribution in [0.5, 0.6) is 0 Å². The maximum Gasteiger partial charge on any atom is 0.379 e. The molecule has 2 rings (SSSR count). The molecule has 0 aliphatic carbocycles. The lowest BCUT2D eigenvalue weighted by atomic mass is 10.1. The number of carbonyl (C=O) groups excluding carboxylic acids is 2. The van der Waals surface area contributed by atoms with Gasteiger partial charge in [0.1, 0.15) is 0 Å². The zero-order valence-corrected chi connectivity index (χ0v) is 11.2. The van der Waals surface area contributed by atoms with Crippen molar-refractivity contribution >= 4 is 22.7 Å². The summed E-state index contributed by atoms with van der Waals surface area (Å²) in [4.78, 5) is 23.8. The molecule has 1 heterocycles. The van der Waals surface area contributed by atoms with Crippen LogP contribution in [0, 0.1) is 0 Å². The first-order valence-corrected chi connectivity index (χ1v) is 6.48. The first kappa shape index (κ1) is 13.3. The number of benzene rings is 1. The molecular weight excluding hydrogens is 242 g/mol. The number of nitrogens with zero attached hydrogens (tertiary/aromatic N) is 1. The summed E-state index contributed by atoms with van der Waals surface area (Å²) in [5.74, 6) is -1.35. The van der Waals surface area contributed by atoms with Gasteiger partial charge < -0.3 is 9.30 Å². The van der Waals surface area contributed by atoms with Gasteiger partial charge in [-0.3, -0.25) is 4.79 Å². The summed E-state index contributed by atoms with van der Waals surface area (Å²) in [6.07, 6.45) is 2.43. The SMILES string of the molecule is CCCOC(=O)C(=O)c1cn(CC)c2ccccc12. The van der Waals surface area contributed by atoms with Gasteiger partial charge in [-0.2, -0.15) is 0 Å². The Morgan fingerprint density at radius 1 is 1.21 bits per heavy atom. The van der Waals surface area contributed by atoms with Crippen molar-refractivity contribution in [2.75, 3.05) is 6.61 Å². The highest BCUT2D eigenvalue weighted by Gasteiger charge is 2.22. The molecule has 0 radical (unpaired) electrons. The molecule has 0 saturated heterocycles. The van der Waals surface area contributed by atoms with Crippen LogP contribution >= 0.6 is 0 Å². The Hall–Kier alpha value is -2.10. The number of ketones is 1. The Labute approximate surface area is 112 Å². The predicted molar refractivity (Wildman–Crippen MR) is 73.2 cm³/mol. The van der Waals surface area contributed by atoms with Crippen molar-refractivity contribution in [3.05, 3.63) is 36.0 Å². The minimum atomic E-state index is -0.777. The maximum absolute atomic E-state index is 12.1. The number of esters is 1. The van der Waals surface area contributed by atoms with Crippen LogP contribution in [0.1, 0.15) is 30.6 Å². The molecule has 4 nitrogen and oxygen atoms in total. The number of fused-ring (bicyclic) bond motifs is 1. The summed E-state index contributed by atoms with van der Waals surface area (Å²) in [5, 5.41) is 0.794. The van der Waals surface area contributed by atoms with Gasteiger partial charge >= 0.3 is 5.97 Å². The second-order valence-electron chi connectivity index (χ2n) is 4.31. The van der Waals surface area contributed by atoms with E-state index in [-0.39, 0.29) is 6.61 Å². The van der Waals surface area contributed by atoms with Gasteiger partial charge in [0.2, 0.25) is 0 Å². The fraction of sp³-hybridized carbons (Fsp3) is 0.333. The van der Waals surface area contributed by atoms with Gasteiger partial charge in [-0.1, -0.05) is 25.1 Å². The van der Waals surface area contributed by atoms with Crippen molar-refractivity contribution in [2.45, 2.75) is 26.8 Å². The standard InChI is InChI=1S/C15H17NO3/c1-3-9-19-15(18)14(17)12-10-16(4-2)13-8-6-5-7-11(12)13/h5-8,10H,3-4,9H2,1-2H3. The zero-order valence-electron chi connectivity index (χ0n) is 11.2. The Bertz CT molecular complexity index is 613. The first-order valence-electron chi connectivity index (χ1n) is 6.48. The van der Waals surface area contributed by atoms with Crippen molar-refractivity contribution in [3.8, 4) is 0 Å². The molecule has 0 spiro atoms. The lowest BCUT2D eigenvalue weighted by Crippen LogP contribution is -2.17. The molecule has 0 saturated carbocycles. The molecule has 1 aromatic carbocycles. The lowest BCUT2D eigenvalue weighted by molar-refractivity contribution is -0.138. The van der Waals surface area contributed by atoms with Crippen molar-refractivity contribution in [1.82, 2.24) is 4.57 Å². The van der Waals surface area contributed by atoms with Gasteiger partial charge in [0, 0.05) is 23.6 Å². The Balaban J connectivity index is 2.39. The molecule has 0 aliphatic rings. The first-order chi connectivity index (χ1) is 9.19. The normalized spacial score (nSPS) is 10.6. The van der Waals surface area contributed by atoms with Gasteiger partial charge in [0.15, 0.2) is 0 Å². The molecular formula is C15H17NO3. The lowest BCUT2D eigenvalue weighted by Gasteiger charge is -2.00. The number of carbonyl (C=O) groups is 2. The van der Waals surface area contributed by atoms with Gasteiger partial charge in [-0.15, -0.1) is 0 Å². The summed E-state index contributed by atoms with van der Waals surface area (Å²) in [6.45, 7) is 4.91. The van der Waals surface area contributed by atoms with Crippen LogP contribution in [0.3, 0.4) is 0 Å². The zero-order chi connectivity index (χ0) is 13.8. The molecule has 0 amide bonds. The number of ether oxygens (including phenoxy) is 1. The van der Waals surface area contributed by atoms with Crippen LogP contribution in [0.15, 0.2) is 30.5 Å². The van der Waals surface area contributed by atoms with E-state index in [0.717, 1.165) is 17.4 Å². The maximum atomic E-state index is 12.1. The molecule has 4 heteroatoms. The van der Waals surface area contributed by atoms with Crippen LogP contribution < -0.4 is 0 Å². The van der Waals surface area contributed by atoms with E-state index in [0.29, 0.717) is 12.0 Å². The van der Waals surface area contributed by atoms with Crippen LogP contribution in [-0.4, -0.2) is 22.9 Å². The average molecular weight is 259 g/mol. The molecule has 1 aromatic heterocycles. The van der Waals surface area contributed by atoms with E-state index >= 15 is 0 Å². The Kier molecular flexibility index (Phi) is 4.00. The number of para-hydroxylation sites is 1. The van der Waals surface area contributed by atoms with E-state index < -0.39 is 11.8 Å². The van der Waals surface area contributed by atoms with Crippen molar-refractivity contribution < 1.29 is 14.3 Å². The number of hydrogen-bond donors (Lipinski definition) is 0. The molecule has 2 aromatic rings. The highest BCUT2D eigenvalue weighted by atomic mass is 16.5. The third-order valence-corrected chi connectivity index (χ3v) is 3.00. The number of rotatable bonds is 5. The average Bonchev–Trinajstić information content (AvgIpc) is 2.82. The Morgan fingerprint density at radius 2 is 1.95 bits per heavy atom. The quantitative estimate of drug-likeness (QED) is 0.471. The van der Waals surface area contributed by atoms with E-state index in [2.05, 4.69) is 0 Å². The van der Waals surface area contributed by atoms with E-state index in [1.54, 1.807) is 6.20 Å². The molecule has 0 unspecified atom stereocenters. The van der Waals surface area contributed by atoms with E-state index in [4.69, 9.17) is 4.74 Å². The van der Waals surface area contributed by atoms with Crippen molar-refractivity contribution in [1.29, 1.82) is 0 Å². The molecule has 19 heavy (non-hydrogen) atoms. The van der Waals surface area contributed by atoms with E-state index in [9.17, 15) is 9.59 Å². The summed E-state index contributed by atoms with van der Waals surface area (Å²) < 4.78 is 6.86. The minimum Gasteiger partial charge on any atom is -0.460 e. The number of aryl methyl sites for hydroxylation is 1. The molecule has 0 atom stereocenters. The van der Waals surface area contributed by atoms with Gasteiger partial charge in [-0.25, -0.2) is 4.79 Å². The fourth-order valence-corrected chi connectivity index (χ4v) is 2.06. The third-order valence-electron chi connectivity index (χ3n) is 3.00. The van der Waals surface area contributed by atoms with Crippen molar-refractivity contribution in [3.63, 3.8) is 0 Å². The second kappa shape index (κ2) is 5.69. The van der Waals surface area contributed by atoms with E-state index in [1.165, 1.54) is 0 Å². The second-order valence-corrected chi connectivity index (χ2v) is 4.31. The third kappa shape index (κ3) is 2.52. The molecule has 0 N–H and O–H groups in total. The summed E-state index contributed by atoms with van der Waals surface area (Å²) in [5.41, 5.74) is 1.37. The highest BCUT2D eigenvalue weighted by Crippen LogP contribution is 2.22. The monoisotopic (exact) mass is 259 g/mol. The number of Topliss-reactive ketones (excluding diaryl/α,β-unsaturated/α-hetero) is 1. The van der Waals surface area contributed by atoms with Crippen LogP contribution in [0.2, 0.25) is 0 Å². The smallest absolute Gasteiger partial charge is 0.379 e. The van der Waals surface area contributed by atoms with Gasteiger partial charge in [-0.05, 0) is 19.4 Å². The molecule has 100 valence electrons. The largest absolute Gasteiger partial charge is 0.460 e. The van der Waals surface area contributed by atoms with Crippen LogP contribution in [-0.2, 0) is 16.1 Å². The van der Waals surface area contributed by atoms with Gasteiger partial charge in [0.05, 0.1) is 12.2 Å². The molecule has 0 aliphatic heterocycles. The molecule has 0 fully saturated rings. The summed E-state index contributed by atoms with van der Waals surface area (Å²) in [7, 11) is 0. The number of hydrogen-bond acceptors (Lipinski definition) is 3. The highest BCUT2D eigenvalue weighted by molar-refractivity contribution is 6.43. The Morgan fingerprint density at radius 3 is 2.63 bits per heavy atom. The fourth-order valence-electron chi connectivity index (χ4n) is 2.06. The molecule has 0 bridgehead atoms.